The summed E-state index contributed by atoms with van der Waals surface area (Å²) in [5.74, 6) is -0.209. The van der Waals surface area contributed by atoms with E-state index in [0.717, 1.165) is 0 Å². The van der Waals surface area contributed by atoms with E-state index in [1.807, 2.05) is 27.7 Å². The lowest BCUT2D eigenvalue weighted by Gasteiger charge is -2.25. The summed E-state index contributed by atoms with van der Waals surface area (Å²) in [6.07, 6.45) is 0. The van der Waals surface area contributed by atoms with Crippen molar-refractivity contribution in [1.29, 1.82) is 0 Å². The number of hydrogen-bond acceptors (Lipinski definition) is 2. The predicted octanol–water partition coefficient (Wildman–Crippen LogP) is 3.35. The van der Waals surface area contributed by atoms with Crippen LogP contribution >= 0.6 is 0 Å². The lowest BCUT2D eigenvalue weighted by Crippen LogP contribution is -2.37. The number of halogens is 1. The van der Waals surface area contributed by atoms with Crippen molar-refractivity contribution >= 4 is 5.78 Å². The normalized spacial score (nSPS) is 11.4. The second-order valence-corrected chi connectivity index (χ2v) is 3.35. The van der Waals surface area contributed by atoms with E-state index in [4.69, 9.17) is 0 Å². The summed E-state index contributed by atoms with van der Waals surface area (Å²) in [5, 5.41) is 0.438. The van der Waals surface area contributed by atoms with Crippen LogP contribution in [0.15, 0.2) is 12.3 Å². The highest BCUT2D eigenvalue weighted by Gasteiger charge is 2.25. The molecule has 0 saturated heterocycles. The lowest BCUT2D eigenvalue weighted by atomic mass is 10.0. The average Bonchev–Trinajstić information content (AvgIpc) is 2.06. The van der Waals surface area contributed by atoms with Gasteiger partial charge in [0.15, 0.2) is 5.78 Å². The maximum Gasteiger partial charge on any atom is 0.155 e. The van der Waals surface area contributed by atoms with Crippen molar-refractivity contribution < 1.29 is 9.28 Å². The molecule has 84 valence electrons. The van der Waals surface area contributed by atoms with Crippen LogP contribution in [-0.4, -0.2) is 16.9 Å². The second kappa shape index (κ2) is 7.54. The summed E-state index contributed by atoms with van der Waals surface area (Å²) >= 11 is 0. The molecular formula is C11H22FNO. The zero-order chi connectivity index (χ0) is 11.9. The SMILES string of the molecule is C=C(C)N(F)C(C(C)=O)C(C)C.CC. The maximum atomic E-state index is 13.2. The molecular weight excluding hydrogens is 181 g/mol. The molecule has 1 atom stereocenters. The number of allylic oxidation sites excluding steroid dienone is 1. The van der Waals surface area contributed by atoms with Gasteiger partial charge in [-0.1, -0.05) is 38.8 Å². The summed E-state index contributed by atoms with van der Waals surface area (Å²) in [6, 6.07) is -0.692. The van der Waals surface area contributed by atoms with Crippen molar-refractivity contribution in [3.63, 3.8) is 0 Å². The monoisotopic (exact) mass is 203 g/mol. The van der Waals surface area contributed by atoms with Crippen molar-refractivity contribution in [2.24, 2.45) is 5.92 Å². The Morgan fingerprint density at radius 2 is 1.64 bits per heavy atom. The van der Waals surface area contributed by atoms with E-state index in [1.54, 1.807) is 6.92 Å². The number of ketones is 1. The zero-order valence-electron chi connectivity index (χ0n) is 10.1. The summed E-state index contributed by atoms with van der Waals surface area (Å²) in [6.45, 7) is 14.0. The number of nitrogens with zero attached hydrogens (tertiary/aromatic N) is 1. The standard InChI is InChI=1S/C9H16FNO.C2H6/c1-6(2)9(8(5)12)11(10)7(3)4;1-2/h6,9H,3H2,1-2,4-5H3;1-2H3. The van der Waals surface area contributed by atoms with Crippen LogP contribution in [0, 0.1) is 5.92 Å². The van der Waals surface area contributed by atoms with E-state index in [9.17, 15) is 9.28 Å². The highest BCUT2D eigenvalue weighted by molar-refractivity contribution is 5.81. The molecule has 0 aromatic rings. The molecule has 0 aliphatic carbocycles. The largest absolute Gasteiger partial charge is 0.298 e. The molecule has 0 aromatic heterocycles. The molecule has 0 saturated carbocycles. The van der Waals surface area contributed by atoms with Crippen LogP contribution in [0.3, 0.4) is 0 Å². The molecule has 0 N–H and O–H groups in total. The van der Waals surface area contributed by atoms with Gasteiger partial charge in [0, 0.05) is 5.70 Å². The smallest absolute Gasteiger partial charge is 0.155 e. The van der Waals surface area contributed by atoms with Crippen LogP contribution in [0.1, 0.15) is 41.5 Å². The molecule has 1 unspecified atom stereocenters. The Hall–Kier alpha value is -0.860. The van der Waals surface area contributed by atoms with Crippen LogP contribution in [-0.2, 0) is 4.79 Å². The van der Waals surface area contributed by atoms with Crippen molar-refractivity contribution in [2.75, 3.05) is 0 Å². The van der Waals surface area contributed by atoms with Gasteiger partial charge in [-0.25, -0.2) is 5.12 Å². The third-order valence-corrected chi connectivity index (χ3v) is 1.66. The Morgan fingerprint density at radius 1 is 1.29 bits per heavy atom. The molecule has 3 heteroatoms. The number of Topliss-reactive ketones (excluding diaryl/α,β-unsaturated/α-hetero) is 1. The molecule has 0 bridgehead atoms. The molecule has 0 radical (unpaired) electrons. The van der Waals surface area contributed by atoms with E-state index in [0.29, 0.717) is 5.12 Å². The number of carbonyl (C=O) groups is 1. The van der Waals surface area contributed by atoms with E-state index >= 15 is 0 Å². The van der Waals surface area contributed by atoms with Gasteiger partial charge in [-0.05, 0) is 19.8 Å². The number of hydrogen-bond donors (Lipinski definition) is 0. The van der Waals surface area contributed by atoms with Gasteiger partial charge in [0.2, 0.25) is 0 Å². The Labute approximate surface area is 86.7 Å². The predicted molar refractivity (Wildman–Crippen MR) is 58.4 cm³/mol. The minimum Gasteiger partial charge on any atom is -0.298 e. The third-order valence-electron chi connectivity index (χ3n) is 1.66. The minimum atomic E-state index is -0.692. The molecule has 0 aliphatic heterocycles. The fraction of sp³-hybridized carbons (Fsp3) is 0.727. The molecule has 0 aliphatic rings. The quantitative estimate of drug-likeness (QED) is 0.653. The fourth-order valence-corrected chi connectivity index (χ4v) is 1.13. The van der Waals surface area contributed by atoms with Crippen molar-refractivity contribution in [3.8, 4) is 0 Å². The molecule has 0 spiro atoms. The van der Waals surface area contributed by atoms with Crippen molar-refractivity contribution in [1.82, 2.24) is 5.12 Å². The van der Waals surface area contributed by atoms with Crippen LogP contribution in [0.2, 0.25) is 0 Å². The lowest BCUT2D eigenvalue weighted by molar-refractivity contribution is -0.129. The molecule has 14 heavy (non-hydrogen) atoms. The van der Waals surface area contributed by atoms with Gasteiger partial charge in [0.05, 0.1) is 0 Å². The highest BCUT2D eigenvalue weighted by Crippen LogP contribution is 2.16. The van der Waals surface area contributed by atoms with Gasteiger partial charge in [-0.15, -0.1) is 0 Å². The van der Waals surface area contributed by atoms with E-state index in [-0.39, 0.29) is 17.4 Å². The molecule has 0 aromatic carbocycles. The molecule has 0 amide bonds. The van der Waals surface area contributed by atoms with Crippen molar-refractivity contribution in [3.05, 3.63) is 12.3 Å². The average molecular weight is 203 g/mol. The van der Waals surface area contributed by atoms with Gasteiger partial charge in [-0.2, -0.15) is 0 Å². The van der Waals surface area contributed by atoms with Crippen LogP contribution in [0.5, 0.6) is 0 Å². The molecule has 2 nitrogen and oxygen atoms in total. The summed E-state index contributed by atoms with van der Waals surface area (Å²) in [4.78, 5) is 11.0. The first kappa shape index (κ1) is 15.6. The van der Waals surface area contributed by atoms with Crippen LogP contribution in [0.25, 0.3) is 0 Å². The Morgan fingerprint density at radius 3 is 1.71 bits per heavy atom. The fourth-order valence-electron chi connectivity index (χ4n) is 1.13. The van der Waals surface area contributed by atoms with Crippen LogP contribution < -0.4 is 0 Å². The first-order valence-corrected chi connectivity index (χ1v) is 4.99. The van der Waals surface area contributed by atoms with Gasteiger partial charge < -0.3 is 0 Å². The topological polar surface area (TPSA) is 20.3 Å². The van der Waals surface area contributed by atoms with E-state index in [2.05, 4.69) is 6.58 Å². The van der Waals surface area contributed by atoms with E-state index < -0.39 is 6.04 Å². The number of rotatable bonds is 4. The van der Waals surface area contributed by atoms with Gasteiger partial charge in [0.25, 0.3) is 0 Å². The first-order chi connectivity index (χ1) is 6.37. The van der Waals surface area contributed by atoms with E-state index in [1.165, 1.54) is 6.92 Å². The maximum absolute atomic E-state index is 13.2. The first-order valence-electron chi connectivity index (χ1n) is 4.99. The molecule has 0 heterocycles. The minimum absolute atomic E-state index is 0.0378. The highest BCUT2D eigenvalue weighted by atomic mass is 19.2. The second-order valence-electron chi connectivity index (χ2n) is 3.35. The third kappa shape index (κ3) is 5.00. The van der Waals surface area contributed by atoms with Gasteiger partial charge in [-0.3, -0.25) is 4.79 Å². The number of carbonyl (C=O) groups excluding carboxylic acids is 1. The Bertz CT molecular complexity index is 190. The zero-order valence-corrected chi connectivity index (χ0v) is 10.1. The van der Waals surface area contributed by atoms with Gasteiger partial charge in [0.1, 0.15) is 6.04 Å². The summed E-state index contributed by atoms with van der Waals surface area (Å²) in [7, 11) is 0. The Balaban J connectivity index is 0. The summed E-state index contributed by atoms with van der Waals surface area (Å²) < 4.78 is 13.2. The Kier molecular flexibility index (Phi) is 8.40. The van der Waals surface area contributed by atoms with Gasteiger partial charge >= 0.3 is 0 Å². The molecule has 0 rings (SSSR count). The van der Waals surface area contributed by atoms with Crippen LogP contribution in [0.4, 0.5) is 4.48 Å². The van der Waals surface area contributed by atoms with Crippen molar-refractivity contribution in [2.45, 2.75) is 47.6 Å². The summed E-state index contributed by atoms with van der Waals surface area (Å²) in [5.41, 5.74) is 0.267. The molecule has 0 fully saturated rings.